The predicted octanol–water partition coefficient (Wildman–Crippen LogP) is 2.33. The summed E-state index contributed by atoms with van der Waals surface area (Å²) in [6, 6.07) is 5.54. The lowest BCUT2D eigenvalue weighted by Gasteiger charge is -2.10. The lowest BCUT2D eigenvalue weighted by molar-refractivity contribution is -0.116. The van der Waals surface area contributed by atoms with Crippen LogP contribution in [0.15, 0.2) is 30.6 Å². The molecule has 1 amide bonds. The summed E-state index contributed by atoms with van der Waals surface area (Å²) in [5.74, 6) is 0.505. The molecular weight excluding hydrogens is 252 g/mol. The van der Waals surface area contributed by atoms with E-state index < -0.39 is 0 Å². The van der Waals surface area contributed by atoms with Gasteiger partial charge >= 0.3 is 0 Å². The summed E-state index contributed by atoms with van der Waals surface area (Å²) >= 11 is 0. The fraction of sp³-hybridized carbons (Fsp3) is 0.400. The molecule has 106 valence electrons. The van der Waals surface area contributed by atoms with E-state index in [-0.39, 0.29) is 5.91 Å². The number of benzene rings is 1. The Labute approximate surface area is 118 Å². The van der Waals surface area contributed by atoms with Crippen molar-refractivity contribution in [2.75, 3.05) is 11.9 Å². The number of nitrogens with zero attached hydrogens (tertiary/aromatic N) is 2. The van der Waals surface area contributed by atoms with Gasteiger partial charge in [0.25, 0.3) is 0 Å². The first-order valence-corrected chi connectivity index (χ1v) is 6.89. The molecule has 2 aromatic rings. The monoisotopic (exact) mass is 272 g/mol. The number of nitrogens with two attached hydrogens (primary N) is 1. The van der Waals surface area contributed by atoms with Gasteiger partial charge in [-0.2, -0.15) is 0 Å². The first kappa shape index (κ1) is 14.4. The summed E-state index contributed by atoms with van der Waals surface area (Å²) in [5.41, 5.74) is 7.86. The molecule has 20 heavy (non-hydrogen) atoms. The number of amides is 1. The minimum atomic E-state index is 0.0251. The quantitative estimate of drug-likeness (QED) is 0.845. The van der Waals surface area contributed by atoms with Crippen molar-refractivity contribution in [3.05, 3.63) is 30.6 Å². The fourth-order valence-corrected chi connectivity index (χ4v) is 2.07. The van der Waals surface area contributed by atoms with Crippen molar-refractivity contribution >= 4 is 22.6 Å². The number of fused-ring (bicyclic) bond motifs is 1. The summed E-state index contributed by atoms with van der Waals surface area (Å²) in [5, 5.41) is 2.89. The van der Waals surface area contributed by atoms with Crippen molar-refractivity contribution < 1.29 is 4.79 Å². The number of carbonyl (C=O) groups excluding carboxylic acids is 1. The smallest absolute Gasteiger partial charge is 0.224 e. The summed E-state index contributed by atoms with van der Waals surface area (Å²) in [7, 11) is 0. The third-order valence-corrected chi connectivity index (χ3v) is 3.28. The number of aromatic nitrogens is 2. The number of carbonyl (C=O) groups is 1. The van der Waals surface area contributed by atoms with Gasteiger partial charge in [0, 0.05) is 24.5 Å². The summed E-state index contributed by atoms with van der Waals surface area (Å²) in [4.78, 5) is 20.3. The topological polar surface area (TPSA) is 80.9 Å². The molecule has 5 nitrogen and oxygen atoms in total. The molecule has 0 saturated carbocycles. The Morgan fingerprint density at radius 1 is 1.25 bits per heavy atom. The molecule has 0 aliphatic carbocycles. The minimum Gasteiger partial charge on any atom is -0.330 e. The number of nitrogens with one attached hydrogen (secondary N) is 1. The normalized spacial score (nSPS) is 12.3. The maximum atomic E-state index is 11.9. The molecule has 3 N–H and O–H groups in total. The minimum absolute atomic E-state index is 0.0251. The van der Waals surface area contributed by atoms with E-state index in [1.807, 2.05) is 18.2 Å². The van der Waals surface area contributed by atoms with E-state index in [1.165, 1.54) is 0 Å². The molecule has 0 fully saturated rings. The zero-order valence-electron chi connectivity index (χ0n) is 11.7. The van der Waals surface area contributed by atoms with Crippen molar-refractivity contribution in [2.45, 2.75) is 26.2 Å². The Bertz CT molecular complexity index is 585. The Morgan fingerprint density at radius 2 is 2.00 bits per heavy atom. The highest BCUT2D eigenvalue weighted by molar-refractivity contribution is 5.92. The molecule has 0 aliphatic rings. The molecule has 0 spiro atoms. The standard InChI is InChI=1S/C15H20N4O/c1-11(6-7-16)2-5-15(20)19-12-3-4-13-14(10-12)18-9-8-17-13/h3-4,8-11H,2,5-7,16H2,1H3,(H,19,20). The van der Waals surface area contributed by atoms with E-state index in [4.69, 9.17) is 5.73 Å². The van der Waals surface area contributed by atoms with Gasteiger partial charge in [0.05, 0.1) is 11.0 Å². The molecule has 0 saturated heterocycles. The molecule has 1 unspecified atom stereocenters. The van der Waals surface area contributed by atoms with Gasteiger partial charge in [-0.3, -0.25) is 14.8 Å². The van der Waals surface area contributed by atoms with Gasteiger partial charge in [-0.25, -0.2) is 0 Å². The first-order valence-electron chi connectivity index (χ1n) is 6.89. The van der Waals surface area contributed by atoms with Crippen LogP contribution in [0.3, 0.4) is 0 Å². The van der Waals surface area contributed by atoms with Crippen LogP contribution in [0.25, 0.3) is 11.0 Å². The van der Waals surface area contributed by atoms with E-state index in [0.717, 1.165) is 29.6 Å². The van der Waals surface area contributed by atoms with Crippen LogP contribution in [0, 0.1) is 5.92 Å². The average Bonchev–Trinajstić information content (AvgIpc) is 2.45. The van der Waals surface area contributed by atoms with Crippen LogP contribution in [0.2, 0.25) is 0 Å². The van der Waals surface area contributed by atoms with Crippen LogP contribution in [-0.4, -0.2) is 22.4 Å². The summed E-state index contributed by atoms with van der Waals surface area (Å²) in [6.07, 6.45) is 5.62. The van der Waals surface area contributed by atoms with Gasteiger partial charge in [0.2, 0.25) is 5.91 Å². The molecular formula is C15H20N4O. The van der Waals surface area contributed by atoms with Crippen LogP contribution in [0.4, 0.5) is 5.69 Å². The first-order chi connectivity index (χ1) is 9.69. The second kappa shape index (κ2) is 6.96. The number of anilines is 1. The van der Waals surface area contributed by atoms with Gasteiger partial charge in [0.15, 0.2) is 0 Å². The van der Waals surface area contributed by atoms with E-state index >= 15 is 0 Å². The van der Waals surface area contributed by atoms with E-state index in [9.17, 15) is 4.79 Å². The summed E-state index contributed by atoms with van der Waals surface area (Å²) < 4.78 is 0. The van der Waals surface area contributed by atoms with Crippen molar-refractivity contribution in [2.24, 2.45) is 11.7 Å². The Balaban J connectivity index is 1.92. The maximum Gasteiger partial charge on any atom is 0.224 e. The molecule has 0 aliphatic heterocycles. The Morgan fingerprint density at radius 3 is 2.75 bits per heavy atom. The van der Waals surface area contributed by atoms with Gasteiger partial charge in [-0.1, -0.05) is 6.92 Å². The van der Waals surface area contributed by atoms with Crippen molar-refractivity contribution in [3.8, 4) is 0 Å². The second-order valence-electron chi connectivity index (χ2n) is 5.03. The van der Waals surface area contributed by atoms with Gasteiger partial charge in [0.1, 0.15) is 0 Å². The highest BCUT2D eigenvalue weighted by Crippen LogP contribution is 2.16. The Hall–Kier alpha value is -2.01. The highest BCUT2D eigenvalue weighted by atomic mass is 16.1. The number of rotatable bonds is 6. The van der Waals surface area contributed by atoms with Crippen LogP contribution >= 0.6 is 0 Å². The van der Waals surface area contributed by atoms with Crippen LogP contribution < -0.4 is 11.1 Å². The molecule has 1 aromatic heterocycles. The van der Waals surface area contributed by atoms with Crippen molar-refractivity contribution in [1.82, 2.24) is 9.97 Å². The predicted molar refractivity (Wildman–Crippen MR) is 80.2 cm³/mol. The molecule has 1 atom stereocenters. The largest absolute Gasteiger partial charge is 0.330 e. The van der Waals surface area contributed by atoms with Gasteiger partial charge in [-0.05, 0) is 43.5 Å². The molecule has 1 aromatic carbocycles. The van der Waals surface area contributed by atoms with E-state index in [0.29, 0.717) is 18.9 Å². The van der Waals surface area contributed by atoms with E-state index in [2.05, 4.69) is 22.2 Å². The SMILES string of the molecule is CC(CCN)CCC(=O)Nc1ccc2nccnc2c1. The van der Waals surface area contributed by atoms with Crippen LogP contribution in [-0.2, 0) is 4.79 Å². The molecule has 5 heteroatoms. The molecule has 0 radical (unpaired) electrons. The molecule has 0 bridgehead atoms. The maximum absolute atomic E-state index is 11.9. The van der Waals surface area contributed by atoms with Crippen LogP contribution in [0.1, 0.15) is 26.2 Å². The van der Waals surface area contributed by atoms with Gasteiger partial charge < -0.3 is 11.1 Å². The highest BCUT2D eigenvalue weighted by Gasteiger charge is 2.07. The molecule has 2 rings (SSSR count). The van der Waals surface area contributed by atoms with Crippen molar-refractivity contribution in [1.29, 1.82) is 0 Å². The zero-order chi connectivity index (χ0) is 14.4. The third-order valence-electron chi connectivity index (χ3n) is 3.28. The van der Waals surface area contributed by atoms with Crippen molar-refractivity contribution in [3.63, 3.8) is 0 Å². The summed E-state index contributed by atoms with van der Waals surface area (Å²) in [6.45, 7) is 2.79. The number of hydrogen-bond acceptors (Lipinski definition) is 4. The van der Waals surface area contributed by atoms with Crippen LogP contribution in [0.5, 0.6) is 0 Å². The Kier molecular flexibility index (Phi) is 5.01. The lowest BCUT2D eigenvalue weighted by atomic mass is 10.0. The second-order valence-corrected chi connectivity index (χ2v) is 5.03. The lowest BCUT2D eigenvalue weighted by Crippen LogP contribution is -2.14. The fourth-order valence-electron chi connectivity index (χ4n) is 2.07. The van der Waals surface area contributed by atoms with Gasteiger partial charge in [-0.15, -0.1) is 0 Å². The van der Waals surface area contributed by atoms with E-state index in [1.54, 1.807) is 12.4 Å². The average molecular weight is 272 g/mol. The zero-order valence-corrected chi connectivity index (χ0v) is 11.7. The molecule has 1 heterocycles. The third kappa shape index (κ3) is 3.99. The number of hydrogen-bond donors (Lipinski definition) is 2.